The normalized spacial score (nSPS) is 12.5. The molecule has 18 heavy (non-hydrogen) atoms. The summed E-state index contributed by atoms with van der Waals surface area (Å²) >= 11 is 1.57. The van der Waals surface area contributed by atoms with Crippen LogP contribution in [0.5, 0.6) is 0 Å². The summed E-state index contributed by atoms with van der Waals surface area (Å²) in [7, 11) is 5.50. The molecule has 0 spiro atoms. The summed E-state index contributed by atoms with van der Waals surface area (Å²) < 4.78 is 4.60. The number of aryl methyl sites for hydroxylation is 1. The van der Waals surface area contributed by atoms with Crippen LogP contribution in [-0.4, -0.2) is 49.6 Å². The first-order valence-electron chi connectivity index (χ1n) is 5.94. The van der Waals surface area contributed by atoms with Crippen molar-refractivity contribution in [3.63, 3.8) is 0 Å². The van der Waals surface area contributed by atoms with Gasteiger partial charge in [-0.3, -0.25) is 4.79 Å². The summed E-state index contributed by atoms with van der Waals surface area (Å²) in [6.07, 6.45) is 1.02. The molecule has 0 saturated heterocycles. The second kappa shape index (κ2) is 7.33. The molecule has 0 fully saturated rings. The minimum absolute atomic E-state index is 0.196. The van der Waals surface area contributed by atoms with Gasteiger partial charge in [0.25, 0.3) is 0 Å². The van der Waals surface area contributed by atoms with Gasteiger partial charge in [-0.25, -0.2) is 4.98 Å². The van der Waals surface area contributed by atoms with Gasteiger partial charge in [-0.2, -0.15) is 0 Å². The summed E-state index contributed by atoms with van der Waals surface area (Å²) in [6.45, 7) is 3.01. The number of hydrogen-bond acceptors (Lipinski definition) is 6. The van der Waals surface area contributed by atoms with Crippen molar-refractivity contribution in [1.29, 1.82) is 0 Å². The highest BCUT2D eigenvalue weighted by molar-refractivity contribution is 7.13. The van der Waals surface area contributed by atoms with Crippen LogP contribution in [0.3, 0.4) is 0 Å². The van der Waals surface area contributed by atoms with Crippen LogP contribution in [0, 0.1) is 0 Å². The smallest absolute Gasteiger partial charge is 0.305 e. The number of esters is 1. The van der Waals surface area contributed by atoms with Crippen LogP contribution in [0.1, 0.15) is 19.0 Å². The van der Waals surface area contributed by atoms with E-state index in [0.717, 1.165) is 17.4 Å². The Morgan fingerprint density at radius 3 is 2.94 bits per heavy atom. The van der Waals surface area contributed by atoms with Crippen molar-refractivity contribution in [2.75, 3.05) is 33.1 Å². The van der Waals surface area contributed by atoms with Crippen LogP contribution in [0.4, 0.5) is 5.13 Å². The van der Waals surface area contributed by atoms with Gasteiger partial charge >= 0.3 is 5.97 Å². The van der Waals surface area contributed by atoms with Gasteiger partial charge in [-0.15, -0.1) is 11.3 Å². The average molecular weight is 271 g/mol. The quantitative estimate of drug-likeness (QED) is 0.764. The number of rotatable bonds is 7. The van der Waals surface area contributed by atoms with Crippen LogP contribution < -0.4 is 5.32 Å². The maximum absolute atomic E-state index is 11.0. The molecule has 102 valence electrons. The first-order chi connectivity index (χ1) is 8.52. The molecule has 1 aromatic heterocycles. The molecule has 1 aromatic rings. The number of hydrogen-bond donors (Lipinski definition) is 1. The van der Waals surface area contributed by atoms with Gasteiger partial charge < -0.3 is 15.0 Å². The van der Waals surface area contributed by atoms with Gasteiger partial charge in [0.1, 0.15) is 0 Å². The summed E-state index contributed by atoms with van der Waals surface area (Å²) in [6, 6.07) is 0.451. The lowest BCUT2D eigenvalue weighted by Gasteiger charge is -2.19. The van der Waals surface area contributed by atoms with E-state index in [4.69, 9.17) is 0 Å². The standard InChI is InChI=1S/C12H21N3O2S/c1-9(15(2)3)7-13-12-14-10(8-18-12)5-6-11(16)17-4/h8-9H,5-7H2,1-4H3,(H,13,14). The van der Waals surface area contributed by atoms with Gasteiger partial charge in [0.05, 0.1) is 19.2 Å². The SMILES string of the molecule is COC(=O)CCc1csc(NCC(C)N(C)C)n1. The molecular formula is C12H21N3O2S. The molecular weight excluding hydrogens is 250 g/mol. The number of anilines is 1. The highest BCUT2D eigenvalue weighted by Crippen LogP contribution is 2.16. The van der Waals surface area contributed by atoms with Crippen molar-refractivity contribution in [3.05, 3.63) is 11.1 Å². The Labute approximate surface area is 112 Å². The third-order valence-corrected chi connectivity index (χ3v) is 3.64. The Balaban J connectivity index is 2.36. The predicted octanol–water partition coefficient (Wildman–Crippen LogP) is 1.61. The number of nitrogens with zero attached hydrogens (tertiary/aromatic N) is 2. The van der Waals surface area contributed by atoms with Crippen LogP contribution in [0.2, 0.25) is 0 Å². The molecule has 1 unspecified atom stereocenters. The van der Waals surface area contributed by atoms with Gasteiger partial charge in [0.15, 0.2) is 5.13 Å². The lowest BCUT2D eigenvalue weighted by atomic mass is 10.2. The Morgan fingerprint density at radius 2 is 2.33 bits per heavy atom. The van der Waals surface area contributed by atoms with Crippen molar-refractivity contribution in [3.8, 4) is 0 Å². The number of methoxy groups -OCH3 is 1. The largest absolute Gasteiger partial charge is 0.469 e. The Kier molecular flexibility index (Phi) is 6.07. The van der Waals surface area contributed by atoms with Crippen LogP contribution in [0.25, 0.3) is 0 Å². The molecule has 0 amide bonds. The maximum Gasteiger partial charge on any atom is 0.305 e. The summed E-state index contributed by atoms with van der Waals surface area (Å²) in [5.41, 5.74) is 0.936. The minimum atomic E-state index is -0.196. The van der Waals surface area contributed by atoms with E-state index >= 15 is 0 Å². The van der Waals surface area contributed by atoms with Crippen molar-refractivity contribution >= 4 is 22.4 Å². The minimum Gasteiger partial charge on any atom is -0.469 e. The fraction of sp³-hybridized carbons (Fsp3) is 0.667. The Morgan fingerprint density at radius 1 is 1.61 bits per heavy atom. The van der Waals surface area contributed by atoms with Crippen molar-refractivity contribution < 1.29 is 9.53 Å². The van der Waals surface area contributed by atoms with Crippen LogP contribution in [-0.2, 0) is 16.0 Å². The van der Waals surface area contributed by atoms with Crippen molar-refractivity contribution in [2.24, 2.45) is 0 Å². The average Bonchev–Trinajstić information content (AvgIpc) is 2.80. The first kappa shape index (κ1) is 14.9. The van der Waals surface area contributed by atoms with Gasteiger partial charge in [0, 0.05) is 24.4 Å². The number of nitrogens with one attached hydrogen (secondary N) is 1. The molecule has 1 atom stereocenters. The molecule has 0 saturated carbocycles. The molecule has 0 radical (unpaired) electrons. The van der Waals surface area contributed by atoms with E-state index in [-0.39, 0.29) is 5.97 Å². The molecule has 0 aromatic carbocycles. The first-order valence-corrected chi connectivity index (χ1v) is 6.82. The molecule has 1 heterocycles. The molecule has 1 rings (SSSR count). The molecule has 1 N–H and O–H groups in total. The zero-order chi connectivity index (χ0) is 13.5. The summed E-state index contributed by atoms with van der Waals surface area (Å²) in [5.74, 6) is -0.196. The zero-order valence-electron chi connectivity index (χ0n) is 11.4. The fourth-order valence-electron chi connectivity index (χ4n) is 1.25. The van der Waals surface area contributed by atoms with Crippen molar-refractivity contribution in [1.82, 2.24) is 9.88 Å². The Bertz CT molecular complexity index is 379. The van der Waals surface area contributed by atoms with Gasteiger partial charge in [0.2, 0.25) is 0 Å². The zero-order valence-corrected chi connectivity index (χ0v) is 12.2. The number of thiazole rings is 1. The maximum atomic E-state index is 11.0. The monoisotopic (exact) mass is 271 g/mol. The molecule has 0 aliphatic heterocycles. The highest BCUT2D eigenvalue weighted by atomic mass is 32.1. The second-order valence-electron chi connectivity index (χ2n) is 4.41. The predicted molar refractivity (Wildman–Crippen MR) is 74.1 cm³/mol. The summed E-state index contributed by atoms with van der Waals surface area (Å²) in [5, 5.41) is 6.18. The molecule has 0 aliphatic rings. The fourth-order valence-corrected chi connectivity index (χ4v) is 2.01. The number of ether oxygens (including phenoxy) is 1. The number of aromatic nitrogens is 1. The molecule has 6 heteroatoms. The molecule has 0 bridgehead atoms. The van der Waals surface area contributed by atoms with E-state index in [0.29, 0.717) is 18.9 Å². The highest BCUT2D eigenvalue weighted by Gasteiger charge is 2.08. The number of likely N-dealkylation sites (N-methyl/N-ethyl adjacent to an activating group) is 1. The van der Waals surface area contributed by atoms with Gasteiger partial charge in [-0.1, -0.05) is 0 Å². The Hall–Kier alpha value is -1.14. The van der Waals surface area contributed by atoms with Gasteiger partial charge in [-0.05, 0) is 21.0 Å². The van der Waals surface area contributed by atoms with Crippen molar-refractivity contribution in [2.45, 2.75) is 25.8 Å². The van der Waals surface area contributed by atoms with E-state index in [9.17, 15) is 4.79 Å². The molecule has 0 aliphatic carbocycles. The summed E-state index contributed by atoms with van der Waals surface area (Å²) in [4.78, 5) is 17.6. The lowest BCUT2D eigenvalue weighted by Crippen LogP contribution is -2.31. The van der Waals surface area contributed by atoms with E-state index in [1.54, 1.807) is 11.3 Å². The topological polar surface area (TPSA) is 54.5 Å². The number of carbonyl (C=O) groups excluding carboxylic acids is 1. The van der Waals surface area contributed by atoms with Crippen LogP contribution in [0.15, 0.2) is 5.38 Å². The number of carbonyl (C=O) groups is 1. The van der Waals surface area contributed by atoms with E-state index < -0.39 is 0 Å². The second-order valence-corrected chi connectivity index (χ2v) is 5.27. The third-order valence-electron chi connectivity index (χ3n) is 2.79. The van der Waals surface area contributed by atoms with E-state index in [1.807, 2.05) is 5.38 Å². The van der Waals surface area contributed by atoms with E-state index in [1.165, 1.54) is 7.11 Å². The third kappa shape index (κ3) is 5.01. The molecule has 5 nitrogen and oxygen atoms in total. The lowest BCUT2D eigenvalue weighted by molar-refractivity contribution is -0.140. The van der Waals surface area contributed by atoms with Crippen LogP contribution >= 0.6 is 11.3 Å². The van der Waals surface area contributed by atoms with E-state index in [2.05, 4.69) is 41.0 Å².